The number of aromatic nitrogens is 4. The number of alkyl carbamates (subject to hydrolysis) is 1. The van der Waals surface area contributed by atoms with Crippen LogP contribution in [-0.4, -0.2) is 81.1 Å². The minimum atomic E-state index is -0.587. The lowest BCUT2D eigenvalue weighted by atomic mass is 10.1. The van der Waals surface area contributed by atoms with Crippen LogP contribution in [0, 0.1) is 25.5 Å². The van der Waals surface area contributed by atoms with E-state index in [9.17, 15) is 23.8 Å². The van der Waals surface area contributed by atoms with Gasteiger partial charge in [0.05, 0.1) is 34.8 Å². The number of nitrogens with zero attached hydrogens (tertiary/aromatic N) is 6. The van der Waals surface area contributed by atoms with Gasteiger partial charge in [0.25, 0.3) is 0 Å². The Morgan fingerprint density at radius 1 is 0.782 bits per heavy atom. The minimum Gasteiger partial charge on any atom is -0.507 e. The van der Waals surface area contributed by atoms with Crippen molar-refractivity contribution in [2.75, 3.05) is 42.6 Å². The van der Waals surface area contributed by atoms with Crippen LogP contribution in [0.3, 0.4) is 0 Å². The summed E-state index contributed by atoms with van der Waals surface area (Å²) in [6.07, 6.45) is 1.18. The summed E-state index contributed by atoms with van der Waals surface area (Å²) in [5.41, 5.74) is 9.50. The van der Waals surface area contributed by atoms with E-state index in [2.05, 4.69) is 30.2 Å². The zero-order chi connectivity index (χ0) is 38.8. The molecule has 4 heterocycles. The normalized spacial score (nSPS) is 16.7. The third-order valence-corrected chi connectivity index (χ3v) is 9.70. The van der Waals surface area contributed by atoms with Gasteiger partial charge in [0.1, 0.15) is 34.8 Å². The number of halogens is 2. The summed E-state index contributed by atoms with van der Waals surface area (Å²) < 4.78 is 33.8. The lowest BCUT2D eigenvalue weighted by Gasteiger charge is -2.21. The Hall–Kier alpha value is -6.15. The number of rotatable bonds is 6. The molecular weight excluding hydrogens is 706 g/mol. The second kappa shape index (κ2) is 15.7. The summed E-state index contributed by atoms with van der Waals surface area (Å²) in [5.74, 6) is 0.172. The zero-order valence-corrected chi connectivity index (χ0v) is 30.8. The minimum absolute atomic E-state index is 0.0238. The number of phenolic OH excluding ortho intramolecular Hbond substituents is 2. The number of anilines is 2. The summed E-state index contributed by atoms with van der Waals surface area (Å²) in [6, 6.07) is 20.1. The average Bonchev–Trinajstić information content (AvgIpc) is 3.80. The Kier molecular flexibility index (Phi) is 10.6. The fourth-order valence-electron chi connectivity index (χ4n) is 7.01. The number of hydrogen-bond acceptors (Lipinski definition) is 11. The van der Waals surface area contributed by atoms with Crippen molar-refractivity contribution in [3.63, 3.8) is 0 Å². The molecule has 8 rings (SSSR count). The molecule has 0 spiro atoms. The Morgan fingerprint density at radius 2 is 1.29 bits per heavy atom. The van der Waals surface area contributed by atoms with Crippen molar-refractivity contribution in [3.8, 4) is 34.3 Å². The number of ether oxygens (including phenoxy) is 1. The lowest BCUT2D eigenvalue weighted by Crippen LogP contribution is -2.37. The van der Waals surface area contributed by atoms with Crippen LogP contribution >= 0.6 is 0 Å². The van der Waals surface area contributed by atoms with E-state index >= 15 is 0 Å². The number of carbonyl (C=O) groups is 1. The van der Waals surface area contributed by atoms with Crippen molar-refractivity contribution in [1.82, 2.24) is 25.3 Å². The van der Waals surface area contributed by atoms with Crippen LogP contribution < -0.4 is 20.9 Å². The summed E-state index contributed by atoms with van der Waals surface area (Å²) in [6.45, 7) is 8.71. The quantitative estimate of drug-likeness (QED) is 0.142. The highest BCUT2D eigenvalue weighted by Crippen LogP contribution is 2.36. The highest BCUT2D eigenvalue weighted by Gasteiger charge is 2.28. The van der Waals surface area contributed by atoms with E-state index in [4.69, 9.17) is 10.5 Å². The molecule has 2 aliphatic rings. The maximum absolute atomic E-state index is 14.5. The molecule has 2 aliphatic heterocycles. The van der Waals surface area contributed by atoms with Gasteiger partial charge in [0.15, 0.2) is 11.6 Å². The van der Waals surface area contributed by atoms with Gasteiger partial charge in [-0.3, -0.25) is 0 Å². The SMILES string of the molecule is CCOC(=O)N[C@@H]1CCN(c2nc(-c3c(O)cccc3F)nc3cc(C)ccc23)C1.Cc1ccc2c(N3CC[C@@H](N)C3)nc(-c3c(O)cccc3F)nc2c1. The summed E-state index contributed by atoms with van der Waals surface area (Å²) in [7, 11) is 0. The molecule has 1 amide bonds. The van der Waals surface area contributed by atoms with Crippen molar-refractivity contribution >= 4 is 39.5 Å². The molecule has 55 heavy (non-hydrogen) atoms. The number of nitrogens with two attached hydrogens (primary N) is 1. The zero-order valence-electron chi connectivity index (χ0n) is 30.8. The number of phenols is 2. The predicted octanol–water partition coefficient (Wildman–Crippen LogP) is 6.76. The van der Waals surface area contributed by atoms with Crippen LogP contribution in [0.1, 0.15) is 30.9 Å². The van der Waals surface area contributed by atoms with Crippen molar-refractivity contribution in [1.29, 1.82) is 0 Å². The number of aromatic hydroxyl groups is 2. The first kappa shape index (κ1) is 37.2. The lowest BCUT2D eigenvalue weighted by molar-refractivity contribution is 0.149. The van der Waals surface area contributed by atoms with Gasteiger partial charge in [-0.05, 0) is 93.3 Å². The van der Waals surface area contributed by atoms with E-state index in [0.717, 1.165) is 52.6 Å². The predicted molar refractivity (Wildman–Crippen MR) is 208 cm³/mol. The smallest absolute Gasteiger partial charge is 0.407 e. The van der Waals surface area contributed by atoms with E-state index < -0.39 is 17.7 Å². The molecule has 4 aromatic carbocycles. The van der Waals surface area contributed by atoms with Crippen LogP contribution in [0.4, 0.5) is 25.2 Å². The molecular formula is C41H42F2N8O4. The fraction of sp³-hybridized carbons (Fsp3) is 0.293. The van der Waals surface area contributed by atoms with Gasteiger partial charge in [0, 0.05) is 43.0 Å². The third-order valence-electron chi connectivity index (χ3n) is 9.70. The van der Waals surface area contributed by atoms with E-state index in [1.807, 2.05) is 55.1 Å². The van der Waals surface area contributed by atoms with Gasteiger partial charge >= 0.3 is 6.09 Å². The third kappa shape index (κ3) is 7.90. The molecule has 0 bridgehead atoms. The Bertz CT molecular complexity index is 2360. The number of fused-ring (bicyclic) bond motifs is 2. The molecule has 2 atom stereocenters. The van der Waals surface area contributed by atoms with Gasteiger partial charge in [-0.1, -0.05) is 24.3 Å². The maximum Gasteiger partial charge on any atom is 0.407 e. The number of benzene rings is 4. The number of hydrogen-bond donors (Lipinski definition) is 4. The topological polar surface area (TPSA) is 163 Å². The summed E-state index contributed by atoms with van der Waals surface area (Å²) in [4.78, 5) is 34.2. The van der Waals surface area contributed by atoms with Crippen LogP contribution in [0.5, 0.6) is 11.5 Å². The van der Waals surface area contributed by atoms with E-state index in [0.29, 0.717) is 37.6 Å². The second-order valence-corrected chi connectivity index (χ2v) is 13.8. The molecule has 0 aliphatic carbocycles. The molecule has 6 aromatic rings. The standard InChI is InChI=1S/C22H23FN4O3.C19H19FN4O/c1-3-30-22(29)24-14-9-10-27(12-14)21-15-8-7-13(2)11-17(15)25-20(26-21)19-16(23)5-4-6-18(19)28;1-11-5-6-13-15(9-11)22-18(17-14(20)3-2-4-16(17)25)23-19(13)24-8-7-12(21)10-24/h4-8,11,14,28H,3,9-10,12H2,1-2H3,(H,24,29);2-6,9,12,25H,7-8,10,21H2,1H3/t14-;12-/m11/s1. The Balaban J connectivity index is 0.000000172. The summed E-state index contributed by atoms with van der Waals surface area (Å²) >= 11 is 0. The molecule has 0 unspecified atom stereocenters. The first-order chi connectivity index (χ1) is 26.5. The van der Waals surface area contributed by atoms with Gasteiger partial charge < -0.3 is 35.8 Å². The Labute approximate surface area is 316 Å². The molecule has 2 fully saturated rings. The molecule has 0 radical (unpaired) electrons. The van der Waals surface area contributed by atoms with Crippen molar-refractivity contribution < 1.29 is 28.5 Å². The van der Waals surface area contributed by atoms with Gasteiger partial charge in [-0.2, -0.15) is 0 Å². The number of carbonyl (C=O) groups excluding carboxylic acids is 1. The van der Waals surface area contributed by atoms with Crippen molar-refractivity contribution in [2.45, 2.75) is 45.7 Å². The number of nitrogens with one attached hydrogen (secondary N) is 1. The Morgan fingerprint density at radius 3 is 1.76 bits per heavy atom. The van der Waals surface area contributed by atoms with E-state index in [1.54, 1.807) is 6.92 Å². The average molecular weight is 749 g/mol. The first-order valence-corrected chi connectivity index (χ1v) is 18.2. The molecule has 2 saturated heterocycles. The second-order valence-electron chi connectivity index (χ2n) is 13.8. The summed E-state index contributed by atoms with van der Waals surface area (Å²) in [5, 5.41) is 24.9. The van der Waals surface area contributed by atoms with Crippen molar-refractivity contribution in [3.05, 3.63) is 95.6 Å². The number of aryl methyl sites for hydroxylation is 2. The van der Waals surface area contributed by atoms with E-state index in [1.165, 1.54) is 36.4 Å². The van der Waals surface area contributed by atoms with Crippen LogP contribution in [0.15, 0.2) is 72.8 Å². The molecule has 284 valence electrons. The number of amides is 1. The highest BCUT2D eigenvalue weighted by molar-refractivity contribution is 5.93. The molecule has 0 saturated carbocycles. The fourth-order valence-corrected chi connectivity index (χ4v) is 7.01. The largest absolute Gasteiger partial charge is 0.507 e. The van der Waals surface area contributed by atoms with Crippen molar-refractivity contribution in [2.24, 2.45) is 5.73 Å². The maximum atomic E-state index is 14.5. The molecule has 14 heteroatoms. The molecule has 2 aromatic heterocycles. The van der Waals surface area contributed by atoms with Gasteiger partial charge in [0.2, 0.25) is 0 Å². The van der Waals surface area contributed by atoms with Gasteiger partial charge in [-0.15, -0.1) is 0 Å². The molecule has 5 N–H and O–H groups in total. The highest BCUT2D eigenvalue weighted by atomic mass is 19.1. The van der Waals surface area contributed by atoms with Crippen LogP contribution in [0.2, 0.25) is 0 Å². The van der Waals surface area contributed by atoms with E-state index in [-0.39, 0.29) is 46.4 Å². The first-order valence-electron chi connectivity index (χ1n) is 18.2. The monoisotopic (exact) mass is 748 g/mol. The molecule has 12 nitrogen and oxygen atoms in total. The van der Waals surface area contributed by atoms with Gasteiger partial charge in [-0.25, -0.2) is 33.5 Å². The van der Waals surface area contributed by atoms with Crippen LogP contribution in [-0.2, 0) is 4.74 Å². The van der Waals surface area contributed by atoms with Crippen LogP contribution in [0.25, 0.3) is 44.6 Å².